The summed E-state index contributed by atoms with van der Waals surface area (Å²) in [6, 6.07) is 3.56. The molecule has 2 aliphatic carbocycles. The average molecular weight is 602 g/mol. The second-order valence-electron chi connectivity index (χ2n) is 11.7. The molecule has 6 atom stereocenters. The number of likely N-dealkylation sites (tertiary alicyclic amines) is 1. The predicted molar refractivity (Wildman–Crippen MR) is 149 cm³/mol. The molecule has 1 fully saturated rings. The van der Waals surface area contributed by atoms with Crippen LogP contribution in [0.2, 0.25) is 0 Å². The third-order valence-electron chi connectivity index (χ3n) is 9.13. The number of rotatable bonds is 11. The lowest BCUT2D eigenvalue weighted by atomic mass is 9.50. The zero-order valence-corrected chi connectivity index (χ0v) is 24.6. The van der Waals surface area contributed by atoms with E-state index in [2.05, 4.69) is 15.5 Å². The molecule has 2 bridgehead atoms. The van der Waals surface area contributed by atoms with Crippen molar-refractivity contribution in [1.82, 2.24) is 15.5 Å². The fourth-order valence-electron chi connectivity index (χ4n) is 7.11. The van der Waals surface area contributed by atoms with Gasteiger partial charge < -0.3 is 40.2 Å². The maximum Gasteiger partial charge on any atom is 0.312 e. The first-order valence-corrected chi connectivity index (χ1v) is 14.6. The van der Waals surface area contributed by atoms with Crippen molar-refractivity contribution in [3.63, 3.8) is 0 Å². The summed E-state index contributed by atoms with van der Waals surface area (Å²) in [7, 11) is 1.98. The van der Waals surface area contributed by atoms with Gasteiger partial charge in [0.25, 0.3) is 0 Å². The van der Waals surface area contributed by atoms with Crippen LogP contribution in [0, 0.1) is 0 Å². The van der Waals surface area contributed by atoms with E-state index in [1.54, 1.807) is 6.08 Å². The number of piperidine rings is 1. The highest BCUT2D eigenvalue weighted by Crippen LogP contribution is 2.65. The van der Waals surface area contributed by atoms with Crippen LogP contribution in [0.4, 0.5) is 0 Å². The van der Waals surface area contributed by atoms with Gasteiger partial charge in [-0.3, -0.25) is 24.1 Å². The van der Waals surface area contributed by atoms with E-state index < -0.39 is 53.1 Å². The van der Waals surface area contributed by atoms with Gasteiger partial charge in [-0.1, -0.05) is 12.1 Å². The van der Waals surface area contributed by atoms with Crippen LogP contribution < -0.4 is 15.4 Å². The summed E-state index contributed by atoms with van der Waals surface area (Å²) in [4.78, 5) is 51.9. The standard InChI is InChI=1S/C30H39N3O10/c1-16(35)27(39)31-11-7-22(37)41-20-6-9-30(43-23(38)8-12-32-28(40)17(2)36)21-14-18-4-5-19(15-34)25-24(18)29(30,26(20)42-25)10-13-33(21)3/h4-6,16-17,21,26,34-36H,7-15H2,1-3H3,(H,31,39)(H,32,40)/t16?,17-,21+,26-,29-,30+/m0/s1. The number of hydrogen-bond acceptors (Lipinski definition) is 11. The van der Waals surface area contributed by atoms with Crippen LogP contribution in [-0.4, -0.2) is 101 Å². The Morgan fingerprint density at radius 2 is 1.72 bits per heavy atom. The Labute approximate surface area is 249 Å². The van der Waals surface area contributed by atoms with Gasteiger partial charge in [-0.25, -0.2) is 0 Å². The zero-order chi connectivity index (χ0) is 31.1. The second kappa shape index (κ2) is 11.9. The van der Waals surface area contributed by atoms with Crippen molar-refractivity contribution in [2.75, 3.05) is 26.7 Å². The number of esters is 2. The van der Waals surface area contributed by atoms with E-state index >= 15 is 0 Å². The lowest BCUT2D eigenvalue weighted by Crippen LogP contribution is -2.75. The van der Waals surface area contributed by atoms with Crippen molar-refractivity contribution in [2.24, 2.45) is 0 Å². The number of carbonyl (C=O) groups excluding carboxylic acids is 4. The summed E-state index contributed by atoms with van der Waals surface area (Å²) >= 11 is 0. The van der Waals surface area contributed by atoms with E-state index in [-0.39, 0.29) is 50.8 Å². The molecule has 5 rings (SSSR count). The van der Waals surface area contributed by atoms with Gasteiger partial charge in [0.2, 0.25) is 11.8 Å². The normalized spacial score (nSPS) is 28.0. The Morgan fingerprint density at radius 1 is 1.07 bits per heavy atom. The zero-order valence-electron chi connectivity index (χ0n) is 24.6. The highest BCUT2D eigenvalue weighted by molar-refractivity contribution is 5.81. The van der Waals surface area contributed by atoms with E-state index in [9.17, 15) is 34.5 Å². The molecule has 1 spiro atoms. The molecule has 4 aliphatic rings. The van der Waals surface area contributed by atoms with Crippen LogP contribution in [0.3, 0.4) is 0 Å². The molecule has 1 aromatic rings. The molecule has 13 nitrogen and oxygen atoms in total. The Balaban J connectivity index is 1.48. The quantitative estimate of drug-likeness (QED) is 0.203. The Hall–Kier alpha value is -3.52. The summed E-state index contributed by atoms with van der Waals surface area (Å²) in [5, 5.41) is 34.0. The van der Waals surface area contributed by atoms with Gasteiger partial charge >= 0.3 is 11.9 Å². The molecule has 0 saturated carbocycles. The van der Waals surface area contributed by atoms with Gasteiger partial charge in [0.1, 0.15) is 29.3 Å². The molecule has 2 heterocycles. The number of nitrogens with one attached hydrogen (secondary N) is 2. The fraction of sp³-hybridized carbons (Fsp3) is 0.600. The number of aliphatic hydroxyl groups excluding tert-OH is 3. The van der Waals surface area contributed by atoms with Gasteiger partial charge in [0.05, 0.1) is 30.9 Å². The van der Waals surface area contributed by atoms with Crippen molar-refractivity contribution in [3.8, 4) is 5.75 Å². The number of likely N-dealkylation sites (N-methyl/N-ethyl adjacent to an activating group) is 1. The average Bonchev–Trinajstić information content (AvgIpc) is 3.32. The molecule has 5 N–H and O–H groups in total. The molecule has 0 radical (unpaired) electrons. The molecule has 1 aromatic carbocycles. The molecule has 1 unspecified atom stereocenters. The van der Waals surface area contributed by atoms with Gasteiger partial charge in [-0.15, -0.1) is 0 Å². The van der Waals surface area contributed by atoms with Gasteiger partial charge in [0, 0.05) is 30.6 Å². The van der Waals surface area contributed by atoms with E-state index in [1.807, 2.05) is 19.2 Å². The van der Waals surface area contributed by atoms with E-state index in [0.717, 1.165) is 11.1 Å². The Kier molecular flexibility index (Phi) is 8.54. The SMILES string of the molecule is CC(O)C(=O)NCCC(=O)OC1=CC[C@@]2(OC(=O)CCNC(=O)[C@H](C)O)[C@H]3Cc4ccc(CO)c5c4[C@@]2(CCN3C)[C@H]1O5. The van der Waals surface area contributed by atoms with E-state index in [1.165, 1.54) is 13.8 Å². The van der Waals surface area contributed by atoms with Crippen molar-refractivity contribution >= 4 is 23.8 Å². The minimum absolute atomic E-state index is 0.00707. The number of carbonyl (C=O) groups is 4. The molecule has 234 valence electrons. The first-order chi connectivity index (χ1) is 20.4. The van der Waals surface area contributed by atoms with Crippen LogP contribution in [0.1, 0.15) is 56.2 Å². The summed E-state index contributed by atoms with van der Waals surface area (Å²) in [5.41, 5.74) is 0.433. The molecule has 2 aliphatic heterocycles. The summed E-state index contributed by atoms with van der Waals surface area (Å²) in [6.45, 7) is 3.02. The molecule has 2 amide bonds. The highest BCUT2D eigenvalue weighted by atomic mass is 16.6. The van der Waals surface area contributed by atoms with Crippen LogP contribution in [-0.2, 0) is 47.1 Å². The smallest absolute Gasteiger partial charge is 0.312 e. The Morgan fingerprint density at radius 3 is 2.35 bits per heavy atom. The lowest BCUT2D eigenvalue weighted by molar-refractivity contribution is -0.206. The predicted octanol–water partition coefficient (Wildman–Crippen LogP) is -0.675. The molecule has 0 aromatic heterocycles. The number of nitrogens with zero attached hydrogens (tertiary/aromatic N) is 1. The van der Waals surface area contributed by atoms with Crippen LogP contribution in [0.5, 0.6) is 5.75 Å². The minimum Gasteiger partial charge on any atom is -0.481 e. The highest BCUT2D eigenvalue weighted by Gasteiger charge is 2.74. The van der Waals surface area contributed by atoms with Crippen molar-refractivity contribution in [1.29, 1.82) is 0 Å². The van der Waals surface area contributed by atoms with Crippen molar-refractivity contribution < 1.29 is 48.7 Å². The number of amides is 2. The number of benzene rings is 1. The third kappa shape index (κ3) is 5.17. The summed E-state index contributed by atoms with van der Waals surface area (Å²) in [5.74, 6) is -1.53. The fourth-order valence-corrected chi connectivity index (χ4v) is 7.11. The van der Waals surface area contributed by atoms with Gasteiger partial charge in [-0.2, -0.15) is 0 Å². The molecule has 13 heteroatoms. The number of hydrogen-bond donors (Lipinski definition) is 5. The first kappa shape index (κ1) is 30.9. The number of aliphatic hydroxyl groups is 3. The van der Waals surface area contributed by atoms with Crippen LogP contribution >= 0.6 is 0 Å². The topological polar surface area (TPSA) is 184 Å². The maximum atomic E-state index is 13.4. The third-order valence-corrected chi connectivity index (χ3v) is 9.13. The lowest BCUT2D eigenvalue weighted by Gasteiger charge is -2.62. The van der Waals surface area contributed by atoms with E-state index in [4.69, 9.17) is 14.2 Å². The van der Waals surface area contributed by atoms with Gasteiger partial charge in [0.15, 0.2) is 6.10 Å². The monoisotopic (exact) mass is 601 g/mol. The second-order valence-corrected chi connectivity index (χ2v) is 11.7. The number of ether oxygens (including phenoxy) is 3. The molecule has 43 heavy (non-hydrogen) atoms. The minimum atomic E-state index is -1.20. The van der Waals surface area contributed by atoms with Gasteiger partial charge in [-0.05, 0) is 51.9 Å². The van der Waals surface area contributed by atoms with E-state index in [0.29, 0.717) is 30.7 Å². The van der Waals surface area contributed by atoms with Crippen molar-refractivity contribution in [3.05, 3.63) is 40.7 Å². The Bertz CT molecular complexity index is 1340. The first-order valence-electron chi connectivity index (χ1n) is 14.6. The molecular formula is C30H39N3O10. The van der Waals surface area contributed by atoms with Crippen LogP contribution in [0.25, 0.3) is 0 Å². The van der Waals surface area contributed by atoms with Crippen LogP contribution in [0.15, 0.2) is 24.0 Å². The summed E-state index contributed by atoms with van der Waals surface area (Å²) in [6.07, 6.45) is -0.436. The molecule has 1 saturated heterocycles. The maximum absolute atomic E-state index is 13.4. The van der Waals surface area contributed by atoms with Crippen molar-refractivity contribution in [2.45, 2.75) is 87.9 Å². The summed E-state index contributed by atoms with van der Waals surface area (Å²) < 4.78 is 18.9. The molecular weight excluding hydrogens is 562 g/mol. The largest absolute Gasteiger partial charge is 0.481 e.